The third-order valence-corrected chi connectivity index (χ3v) is 2.66. The zero-order chi connectivity index (χ0) is 7.19. The fourth-order valence-electron chi connectivity index (χ4n) is 1.30. The zero-order valence-electron chi connectivity index (χ0n) is 6.39. The number of hydrogen-bond acceptors (Lipinski definition) is 1. The van der Waals surface area contributed by atoms with Gasteiger partial charge in [0.05, 0.1) is 0 Å². The van der Waals surface area contributed by atoms with Gasteiger partial charge in [0.1, 0.15) is 0 Å². The van der Waals surface area contributed by atoms with Gasteiger partial charge in [0.15, 0.2) is 0 Å². The van der Waals surface area contributed by atoms with E-state index in [1.807, 2.05) is 4.90 Å². The van der Waals surface area contributed by atoms with E-state index in [1.54, 1.807) is 0 Å². The third-order valence-electron chi connectivity index (χ3n) is 2.66. The summed E-state index contributed by atoms with van der Waals surface area (Å²) in [6.07, 6.45) is 3.44. The molecule has 1 amide bonds. The molecule has 0 radical (unpaired) electrons. The van der Waals surface area contributed by atoms with Gasteiger partial charge in [-0.1, -0.05) is 6.92 Å². The third kappa shape index (κ3) is 0.746. The van der Waals surface area contributed by atoms with E-state index in [9.17, 15) is 4.79 Å². The molecule has 1 aliphatic heterocycles. The quantitative estimate of drug-likeness (QED) is 0.531. The van der Waals surface area contributed by atoms with E-state index in [1.165, 1.54) is 6.42 Å². The second-order valence-corrected chi connectivity index (χ2v) is 3.71. The highest BCUT2D eigenvalue weighted by Gasteiger charge is 2.47. The van der Waals surface area contributed by atoms with Gasteiger partial charge in [0.25, 0.3) is 0 Å². The SMILES string of the molecule is CC1(C(=O)N2CCC2)CC1. The van der Waals surface area contributed by atoms with Gasteiger partial charge in [0, 0.05) is 18.5 Å². The van der Waals surface area contributed by atoms with Crippen molar-refractivity contribution < 1.29 is 4.79 Å². The Bertz CT molecular complexity index is 168. The van der Waals surface area contributed by atoms with E-state index in [4.69, 9.17) is 0 Å². The van der Waals surface area contributed by atoms with Crippen LogP contribution in [0.1, 0.15) is 26.2 Å². The summed E-state index contributed by atoms with van der Waals surface area (Å²) in [5.41, 5.74) is 0.0699. The molecule has 10 heavy (non-hydrogen) atoms. The molecule has 0 atom stereocenters. The second-order valence-electron chi connectivity index (χ2n) is 3.71. The Morgan fingerprint density at radius 1 is 1.40 bits per heavy atom. The van der Waals surface area contributed by atoms with Crippen molar-refractivity contribution in [1.82, 2.24) is 4.90 Å². The Morgan fingerprint density at radius 3 is 2.30 bits per heavy atom. The van der Waals surface area contributed by atoms with Crippen molar-refractivity contribution >= 4 is 5.91 Å². The molecular formula is C8H13NO. The molecule has 2 fully saturated rings. The van der Waals surface area contributed by atoms with Crippen molar-refractivity contribution in [2.24, 2.45) is 5.41 Å². The van der Waals surface area contributed by atoms with E-state index in [0.717, 1.165) is 25.9 Å². The van der Waals surface area contributed by atoms with Crippen molar-refractivity contribution in [3.63, 3.8) is 0 Å². The van der Waals surface area contributed by atoms with Crippen LogP contribution < -0.4 is 0 Å². The Kier molecular flexibility index (Phi) is 1.08. The minimum atomic E-state index is 0.0699. The molecule has 0 N–H and O–H groups in total. The van der Waals surface area contributed by atoms with E-state index < -0.39 is 0 Å². The first-order valence-corrected chi connectivity index (χ1v) is 4.02. The molecule has 1 aliphatic carbocycles. The van der Waals surface area contributed by atoms with Crippen molar-refractivity contribution in [3.05, 3.63) is 0 Å². The van der Waals surface area contributed by atoms with Crippen LogP contribution in [0, 0.1) is 5.41 Å². The molecular weight excluding hydrogens is 126 g/mol. The standard InChI is InChI=1S/C8H13NO/c1-8(3-4-8)7(10)9-5-2-6-9/h2-6H2,1H3. The van der Waals surface area contributed by atoms with Crippen LogP contribution in [0.25, 0.3) is 0 Å². The van der Waals surface area contributed by atoms with Gasteiger partial charge in [-0.15, -0.1) is 0 Å². The predicted molar refractivity (Wildman–Crippen MR) is 38.5 cm³/mol. The lowest BCUT2D eigenvalue weighted by molar-refractivity contribution is -0.139. The average Bonchev–Trinajstić information content (AvgIpc) is 2.44. The highest BCUT2D eigenvalue weighted by atomic mass is 16.2. The van der Waals surface area contributed by atoms with E-state index in [-0.39, 0.29) is 5.41 Å². The molecule has 0 aromatic carbocycles. The Balaban J connectivity index is 1.97. The van der Waals surface area contributed by atoms with Gasteiger partial charge in [-0.05, 0) is 19.3 Å². The summed E-state index contributed by atoms with van der Waals surface area (Å²) < 4.78 is 0. The smallest absolute Gasteiger partial charge is 0.228 e. The van der Waals surface area contributed by atoms with Crippen LogP contribution >= 0.6 is 0 Å². The van der Waals surface area contributed by atoms with Crippen LogP contribution in [0.3, 0.4) is 0 Å². The van der Waals surface area contributed by atoms with Gasteiger partial charge in [-0.2, -0.15) is 0 Å². The topological polar surface area (TPSA) is 20.3 Å². The number of hydrogen-bond donors (Lipinski definition) is 0. The van der Waals surface area contributed by atoms with Gasteiger partial charge < -0.3 is 4.90 Å². The second kappa shape index (κ2) is 1.74. The van der Waals surface area contributed by atoms with Gasteiger partial charge in [0.2, 0.25) is 5.91 Å². The van der Waals surface area contributed by atoms with E-state index in [0.29, 0.717) is 5.91 Å². The largest absolute Gasteiger partial charge is 0.342 e. The molecule has 0 spiro atoms. The Morgan fingerprint density at radius 2 is 2.00 bits per heavy atom. The minimum absolute atomic E-state index is 0.0699. The zero-order valence-corrected chi connectivity index (χ0v) is 6.39. The molecule has 2 aliphatic rings. The number of carbonyl (C=O) groups is 1. The highest BCUT2D eigenvalue weighted by Crippen LogP contribution is 2.47. The van der Waals surface area contributed by atoms with Crippen molar-refractivity contribution in [1.29, 1.82) is 0 Å². The van der Waals surface area contributed by atoms with Crippen LogP contribution in [-0.2, 0) is 4.79 Å². The molecule has 2 heteroatoms. The molecule has 0 aromatic heterocycles. The minimum Gasteiger partial charge on any atom is -0.342 e. The van der Waals surface area contributed by atoms with Gasteiger partial charge in [-0.25, -0.2) is 0 Å². The monoisotopic (exact) mass is 139 g/mol. The molecule has 56 valence electrons. The first-order chi connectivity index (χ1) is 4.72. The normalized spacial score (nSPS) is 27.5. The summed E-state index contributed by atoms with van der Waals surface area (Å²) >= 11 is 0. The lowest BCUT2D eigenvalue weighted by Gasteiger charge is -2.33. The molecule has 1 heterocycles. The number of rotatable bonds is 1. The molecule has 0 unspecified atom stereocenters. The van der Waals surface area contributed by atoms with Crippen molar-refractivity contribution in [3.8, 4) is 0 Å². The Hall–Kier alpha value is -0.530. The molecule has 0 aromatic rings. The summed E-state index contributed by atoms with van der Waals surface area (Å²) in [6.45, 7) is 4.09. The molecule has 0 bridgehead atoms. The summed E-state index contributed by atoms with van der Waals surface area (Å²) in [4.78, 5) is 13.4. The number of carbonyl (C=O) groups excluding carboxylic acids is 1. The maximum atomic E-state index is 11.4. The van der Waals surface area contributed by atoms with Gasteiger partial charge >= 0.3 is 0 Å². The molecule has 1 saturated heterocycles. The first-order valence-electron chi connectivity index (χ1n) is 4.02. The van der Waals surface area contributed by atoms with Crippen LogP contribution in [0.15, 0.2) is 0 Å². The van der Waals surface area contributed by atoms with Crippen LogP contribution in [-0.4, -0.2) is 23.9 Å². The number of amides is 1. The lowest BCUT2D eigenvalue weighted by atomic mass is 10.1. The van der Waals surface area contributed by atoms with Gasteiger partial charge in [-0.3, -0.25) is 4.79 Å². The van der Waals surface area contributed by atoms with Crippen LogP contribution in [0.2, 0.25) is 0 Å². The average molecular weight is 139 g/mol. The predicted octanol–water partition coefficient (Wildman–Crippen LogP) is 1.02. The Labute approximate surface area is 61.2 Å². The van der Waals surface area contributed by atoms with E-state index >= 15 is 0 Å². The lowest BCUT2D eigenvalue weighted by Crippen LogP contribution is -2.45. The maximum Gasteiger partial charge on any atom is 0.228 e. The molecule has 2 rings (SSSR count). The first kappa shape index (κ1) is 6.20. The summed E-state index contributed by atoms with van der Waals surface area (Å²) in [7, 11) is 0. The fraction of sp³-hybridized carbons (Fsp3) is 0.875. The summed E-state index contributed by atoms with van der Waals surface area (Å²) in [5.74, 6) is 0.402. The number of likely N-dealkylation sites (tertiary alicyclic amines) is 1. The summed E-state index contributed by atoms with van der Waals surface area (Å²) in [5, 5.41) is 0. The summed E-state index contributed by atoms with van der Waals surface area (Å²) in [6, 6.07) is 0. The van der Waals surface area contributed by atoms with Crippen LogP contribution in [0.4, 0.5) is 0 Å². The fourth-order valence-corrected chi connectivity index (χ4v) is 1.30. The number of nitrogens with zero attached hydrogens (tertiary/aromatic N) is 1. The van der Waals surface area contributed by atoms with E-state index in [2.05, 4.69) is 6.92 Å². The molecule has 1 saturated carbocycles. The van der Waals surface area contributed by atoms with Crippen molar-refractivity contribution in [2.75, 3.05) is 13.1 Å². The van der Waals surface area contributed by atoms with Crippen molar-refractivity contribution in [2.45, 2.75) is 26.2 Å². The molecule has 2 nitrogen and oxygen atoms in total. The highest BCUT2D eigenvalue weighted by molar-refractivity contribution is 5.85. The maximum absolute atomic E-state index is 11.4. The van der Waals surface area contributed by atoms with Crippen LogP contribution in [0.5, 0.6) is 0 Å².